The summed E-state index contributed by atoms with van der Waals surface area (Å²) in [4.78, 5) is 0. The summed E-state index contributed by atoms with van der Waals surface area (Å²) < 4.78 is 34.1. The molecule has 0 unspecified atom stereocenters. The molecule has 0 rings (SSSR count). The first kappa shape index (κ1) is 13.8. The molecule has 0 aliphatic heterocycles. The van der Waals surface area contributed by atoms with Crippen LogP contribution in [0.15, 0.2) is 23.8 Å². The Morgan fingerprint density at radius 3 is 1.42 bits per heavy atom. The number of allylic oxidation sites excluding steroid dienone is 3. The molecule has 0 amide bonds. The number of rotatable bonds is 0. The van der Waals surface area contributed by atoms with Crippen molar-refractivity contribution >= 4 is 0 Å². The molecule has 0 N–H and O–H groups in total. The molecule has 0 bridgehead atoms. The molecule has 12 heavy (non-hydrogen) atoms. The van der Waals surface area contributed by atoms with Crippen LogP contribution >= 0.6 is 0 Å². The maximum absolute atomic E-state index is 11.4. The molecule has 0 aliphatic rings. The lowest BCUT2D eigenvalue weighted by Gasteiger charge is -2.03. The number of hydrogen-bond donors (Lipinski definition) is 0. The Kier molecular flexibility index (Phi) is 6.76. The maximum Gasteiger partial charge on any atom is 0.412 e. The molecule has 0 radical (unpaired) electrons. The zero-order chi connectivity index (χ0) is 10.4. The number of alkyl halides is 3. The third-order valence-electron chi connectivity index (χ3n) is 0.880. The summed E-state index contributed by atoms with van der Waals surface area (Å²) >= 11 is 0. The van der Waals surface area contributed by atoms with Crippen LogP contribution in [0.1, 0.15) is 27.7 Å². The molecule has 0 nitrogen and oxygen atoms in total. The first-order valence-electron chi connectivity index (χ1n) is 3.54. The van der Waals surface area contributed by atoms with Crippen LogP contribution in [-0.4, -0.2) is 6.18 Å². The average Bonchev–Trinajstić information content (AvgIpc) is 1.82. The fourth-order valence-corrected chi connectivity index (χ4v) is 0.164. The third-order valence-corrected chi connectivity index (χ3v) is 0.880. The highest BCUT2D eigenvalue weighted by Crippen LogP contribution is 2.23. The summed E-state index contributed by atoms with van der Waals surface area (Å²) in [6, 6.07) is 0. The molecular formula is C9H15F3. The normalized spacial score (nSPS) is 11.8. The standard InChI is InChI=1S/C5H7F3.C4H8/c1-3-4(2)5(6,7)8;1-4(2)3/h3H,1-2H3;1H2,2-3H3/b4-3+;. The van der Waals surface area contributed by atoms with Gasteiger partial charge in [0.05, 0.1) is 0 Å². The van der Waals surface area contributed by atoms with Crippen molar-refractivity contribution in [1.29, 1.82) is 0 Å². The molecule has 3 heteroatoms. The Morgan fingerprint density at radius 1 is 1.17 bits per heavy atom. The van der Waals surface area contributed by atoms with E-state index in [-0.39, 0.29) is 0 Å². The van der Waals surface area contributed by atoms with Gasteiger partial charge in [0.15, 0.2) is 0 Å². The highest BCUT2D eigenvalue weighted by atomic mass is 19.4. The van der Waals surface area contributed by atoms with Crippen LogP contribution in [0.5, 0.6) is 0 Å². The van der Waals surface area contributed by atoms with E-state index < -0.39 is 11.7 Å². The van der Waals surface area contributed by atoms with Crippen LogP contribution in [0.3, 0.4) is 0 Å². The molecule has 0 aliphatic carbocycles. The van der Waals surface area contributed by atoms with Crippen LogP contribution in [0.2, 0.25) is 0 Å². The minimum absolute atomic E-state index is 0.544. The summed E-state index contributed by atoms with van der Waals surface area (Å²) in [5, 5.41) is 0. The molecule has 0 saturated heterocycles. The van der Waals surface area contributed by atoms with Gasteiger partial charge < -0.3 is 0 Å². The van der Waals surface area contributed by atoms with Crippen LogP contribution in [0, 0.1) is 0 Å². The molecule has 0 aromatic carbocycles. The van der Waals surface area contributed by atoms with Crippen molar-refractivity contribution in [2.45, 2.75) is 33.9 Å². The van der Waals surface area contributed by atoms with Crippen LogP contribution < -0.4 is 0 Å². The smallest absolute Gasteiger partial charge is 0.167 e. The van der Waals surface area contributed by atoms with Crippen LogP contribution in [-0.2, 0) is 0 Å². The molecule has 72 valence electrons. The predicted molar refractivity (Wildman–Crippen MR) is 46.0 cm³/mol. The monoisotopic (exact) mass is 180 g/mol. The molecule has 0 heterocycles. The second-order valence-electron chi connectivity index (χ2n) is 2.68. The van der Waals surface area contributed by atoms with Gasteiger partial charge in [-0.05, 0) is 27.7 Å². The second kappa shape index (κ2) is 5.86. The fourth-order valence-electron chi connectivity index (χ4n) is 0.164. The van der Waals surface area contributed by atoms with Crippen molar-refractivity contribution < 1.29 is 13.2 Å². The summed E-state index contributed by atoms with van der Waals surface area (Å²) in [6.45, 7) is 9.91. The van der Waals surface area contributed by atoms with Gasteiger partial charge in [0, 0.05) is 5.57 Å². The highest BCUT2D eigenvalue weighted by molar-refractivity contribution is 5.02. The average molecular weight is 180 g/mol. The van der Waals surface area contributed by atoms with Crippen molar-refractivity contribution in [3.05, 3.63) is 23.8 Å². The predicted octanol–water partition coefficient (Wildman–Crippen LogP) is 4.10. The highest BCUT2D eigenvalue weighted by Gasteiger charge is 2.28. The van der Waals surface area contributed by atoms with Gasteiger partial charge in [-0.25, -0.2) is 0 Å². The van der Waals surface area contributed by atoms with E-state index in [1.807, 2.05) is 13.8 Å². The van der Waals surface area contributed by atoms with Crippen molar-refractivity contribution in [2.75, 3.05) is 0 Å². The van der Waals surface area contributed by atoms with Gasteiger partial charge in [0.25, 0.3) is 0 Å². The van der Waals surface area contributed by atoms with Crippen molar-refractivity contribution in [3.63, 3.8) is 0 Å². The summed E-state index contributed by atoms with van der Waals surface area (Å²) in [6.07, 6.45) is -3.09. The first-order valence-corrected chi connectivity index (χ1v) is 3.54. The lowest BCUT2D eigenvalue weighted by molar-refractivity contribution is -0.0914. The Hall–Kier alpha value is -0.730. The molecule has 0 aromatic heterocycles. The topological polar surface area (TPSA) is 0 Å². The number of hydrogen-bond acceptors (Lipinski definition) is 0. The lowest BCUT2D eigenvalue weighted by Crippen LogP contribution is -2.07. The van der Waals surface area contributed by atoms with E-state index in [9.17, 15) is 13.2 Å². The van der Waals surface area contributed by atoms with E-state index in [1.54, 1.807) is 0 Å². The summed E-state index contributed by atoms with van der Waals surface area (Å²) in [5.41, 5.74) is 0.623. The van der Waals surface area contributed by atoms with Gasteiger partial charge >= 0.3 is 6.18 Å². The van der Waals surface area contributed by atoms with E-state index in [0.29, 0.717) is 0 Å². The van der Waals surface area contributed by atoms with Crippen molar-refractivity contribution in [3.8, 4) is 0 Å². The Labute approximate surface area is 71.8 Å². The zero-order valence-electron chi connectivity index (χ0n) is 7.92. The molecule has 0 aromatic rings. The van der Waals surface area contributed by atoms with Gasteiger partial charge in [0.1, 0.15) is 0 Å². The van der Waals surface area contributed by atoms with Gasteiger partial charge in [-0.3, -0.25) is 0 Å². The Balaban J connectivity index is 0. The fraction of sp³-hybridized carbons (Fsp3) is 0.556. The van der Waals surface area contributed by atoms with Crippen molar-refractivity contribution in [2.24, 2.45) is 0 Å². The van der Waals surface area contributed by atoms with Crippen molar-refractivity contribution in [1.82, 2.24) is 0 Å². The quantitative estimate of drug-likeness (QED) is 0.492. The van der Waals surface area contributed by atoms with E-state index in [4.69, 9.17) is 0 Å². The minimum Gasteiger partial charge on any atom is -0.167 e. The third kappa shape index (κ3) is 12.0. The largest absolute Gasteiger partial charge is 0.412 e. The van der Waals surface area contributed by atoms with E-state index >= 15 is 0 Å². The van der Waals surface area contributed by atoms with Gasteiger partial charge in [0.2, 0.25) is 0 Å². The number of halogens is 3. The van der Waals surface area contributed by atoms with Gasteiger partial charge in [-0.15, -0.1) is 6.58 Å². The Morgan fingerprint density at radius 2 is 1.42 bits per heavy atom. The molecule has 0 atom stereocenters. The molecule has 0 saturated carbocycles. The molecular weight excluding hydrogens is 165 g/mol. The van der Waals surface area contributed by atoms with Crippen LogP contribution in [0.25, 0.3) is 0 Å². The first-order chi connectivity index (χ1) is 5.21. The summed E-state index contributed by atoms with van der Waals surface area (Å²) in [7, 11) is 0. The molecule has 0 spiro atoms. The van der Waals surface area contributed by atoms with Gasteiger partial charge in [-0.2, -0.15) is 13.2 Å². The summed E-state index contributed by atoms with van der Waals surface area (Å²) in [5.74, 6) is 0. The Bertz CT molecular complexity index is 159. The van der Waals surface area contributed by atoms with E-state index in [2.05, 4.69) is 6.58 Å². The SMILES string of the molecule is C/C=C(\C)C(F)(F)F.C=C(C)C. The lowest BCUT2D eigenvalue weighted by atomic mass is 10.3. The second-order valence-corrected chi connectivity index (χ2v) is 2.68. The van der Waals surface area contributed by atoms with E-state index in [0.717, 1.165) is 13.0 Å². The van der Waals surface area contributed by atoms with E-state index in [1.165, 1.54) is 12.5 Å². The van der Waals surface area contributed by atoms with Crippen LogP contribution in [0.4, 0.5) is 13.2 Å². The van der Waals surface area contributed by atoms with Gasteiger partial charge in [-0.1, -0.05) is 11.6 Å². The molecule has 0 fully saturated rings. The minimum atomic E-state index is -4.13. The zero-order valence-corrected chi connectivity index (χ0v) is 7.92. The maximum atomic E-state index is 11.4.